The van der Waals surface area contributed by atoms with E-state index in [2.05, 4.69) is 0 Å². The predicted molar refractivity (Wildman–Crippen MR) is 72.5 cm³/mol. The van der Waals surface area contributed by atoms with Crippen molar-refractivity contribution in [1.82, 2.24) is 0 Å². The molecule has 0 aliphatic heterocycles. The molecule has 19 heavy (non-hydrogen) atoms. The zero-order chi connectivity index (χ0) is 14.0. The van der Waals surface area contributed by atoms with Crippen LogP contribution in [-0.4, -0.2) is 6.29 Å². The molecule has 2 rings (SSSR count). The molecule has 0 aromatic heterocycles. The highest BCUT2D eigenvalue weighted by Crippen LogP contribution is 2.29. The van der Waals surface area contributed by atoms with Crippen LogP contribution in [0.15, 0.2) is 30.3 Å². The topological polar surface area (TPSA) is 26.3 Å². The maximum atomic E-state index is 13.1. The number of ether oxygens (including phenoxy) is 1. The Morgan fingerprint density at radius 3 is 2.32 bits per heavy atom. The number of aryl methyl sites for hydroxylation is 3. The van der Waals surface area contributed by atoms with Gasteiger partial charge in [-0.05, 0) is 61.7 Å². The first-order valence-electron chi connectivity index (χ1n) is 6.01. The van der Waals surface area contributed by atoms with E-state index < -0.39 is 5.82 Å². The first kappa shape index (κ1) is 13.3. The fourth-order valence-electron chi connectivity index (χ4n) is 1.87. The summed E-state index contributed by atoms with van der Waals surface area (Å²) in [6.07, 6.45) is 0.592. The zero-order valence-corrected chi connectivity index (χ0v) is 11.2. The number of aldehydes is 1. The van der Waals surface area contributed by atoms with E-state index in [0.29, 0.717) is 17.8 Å². The molecule has 0 aliphatic carbocycles. The smallest absolute Gasteiger partial charge is 0.153 e. The normalized spacial score (nSPS) is 10.3. The molecule has 0 saturated heterocycles. The summed E-state index contributed by atoms with van der Waals surface area (Å²) in [4.78, 5) is 10.9. The number of benzene rings is 2. The lowest BCUT2D eigenvalue weighted by molar-refractivity contribution is 0.112. The second-order valence-corrected chi connectivity index (χ2v) is 4.60. The van der Waals surface area contributed by atoms with Gasteiger partial charge in [-0.1, -0.05) is 6.07 Å². The molecule has 0 bridgehead atoms. The maximum absolute atomic E-state index is 13.1. The van der Waals surface area contributed by atoms with E-state index >= 15 is 0 Å². The van der Waals surface area contributed by atoms with Crippen LogP contribution in [0.1, 0.15) is 27.0 Å². The van der Waals surface area contributed by atoms with Gasteiger partial charge >= 0.3 is 0 Å². The maximum Gasteiger partial charge on any atom is 0.153 e. The zero-order valence-electron chi connectivity index (χ0n) is 11.2. The van der Waals surface area contributed by atoms with Gasteiger partial charge < -0.3 is 4.74 Å². The minimum absolute atomic E-state index is 0.206. The van der Waals surface area contributed by atoms with Gasteiger partial charge in [-0.3, -0.25) is 4.79 Å². The lowest BCUT2D eigenvalue weighted by Gasteiger charge is -2.12. The summed E-state index contributed by atoms with van der Waals surface area (Å²) in [7, 11) is 0. The van der Waals surface area contributed by atoms with Gasteiger partial charge in [0.05, 0.1) is 5.56 Å². The quantitative estimate of drug-likeness (QED) is 0.765. The first-order valence-corrected chi connectivity index (χ1v) is 6.01. The van der Waals surface area contributed by atoms with Crippen molar-refractivity contribution < 1.29 is 13.9 Å². The number of halogens is 1. The minimum Gasteiger partial charge on any atom is -0.456 e. The lowest BCUT2D eigenvalue weighted by atomic mass is 10.1. The van der Waals surface area contributed by atoms with E-state index in [4.69, 9.17) is 4.74 Å². The third-order valence-corrected chi connectivity index (χ3v) is 3.11. The second-order valence-electron chi connectivity index (χ2n) is 4.60. The summed E-state index contributed by atoms with van der Waals surface area (Å²) in [5.41, 5.74) is 3.47. The van der Waals surface area contributed by atoms with Gasteiger partial charge in [-0.15, -0.1) is 0 Å². The summed E-state index contributed by atoms with van der Waals surface area (Å²) in [6, 6.07) is 7.85. The van der Waals surface area contributed by atoms with Gasteiger partial charge in [0.2, 0.25) is 0 Å². The van der Waals surface area contributed by atoms with Gasteiger partial charge in [-0.2, -0.15) is 0 Å². The fourth-order valence-corrected chi connectivity index (χ4v) is 1.87. The van der Waals surface area contributed by atoms with Crippen LogP contribution in [0.25, 0.3) is 0 Å². The van der Waals surface area contributed by atoms with E-state index in [0.717, 1.165) is 11.1 Å². The van der Waals surface area contributed by atoms with E-state index in [1.807, 2.05) is 32.9 Å². The Bertz CT molecular complexity index is 633. The molecule has 0 atom stereocenters. The van der Waals surface area contributed by atoms with Gasteiger partial charge in [0, 0.05) is 0 Å². The number of hydrogen-bond acceptors (Lipinski definition) is 2. The SMILES string of the molecule is Cc1cc(C)c(Oc2ccc(F)cc2C=O)cc1C. The van der Waals surface area contributed by atoms with Crippen molar-refractivity contribution >= 4 is 6.29 Å². The van der Waals surface area contributed by atoms with Crippen molar-refractivity contribution in [2.75, 3.05) is 0 Å². The molecule has 2 aromatic rings. The summed E-state index contributed by atoms with van der Waals surface area (Å²) in [6.45, 7) is 5.96. The van der Waals surface area contributed by atoms with Crippen LogP contribution in [0.5, 0.6) is 11.5 Å². The summed E-state index contributed by atoms with van der Waals surface area (Å²) < 4.78 is 18.8. The molecule has 0 aliphatic rings. The Kier molecular flexibility index (Phi) is 3.65. The monoisotopic (exact) mass is 258 g/mol. The molecular weight excluding hydrogens is 243 g/mol. The average molecular weight is 258 g/mol. The molecular formula is C16H15FO2. The Morgan fingerprint density at radius 2 is 1.63 bits per heavy atom. The highest BCUT2D eigenvalue weighted by molar-refractivity contribution is 5.79. The van der Waals surface area contributed by atoms with Crippen LogP contribution in [0.2, 0.25) is 0 Å². The molecule has 0 N–H and O–H groups in total. The number of rotatable bonds is 3. The molecule has 0 saturated carbocycles. The third kappa shape index (κ3) is 2.81. The lowest BCUT2D eigenvalue weighted by Crippen LogP contribution is -1.95. The highest BCUT2D eigenvalue weighted by atomic mass is 19.1. The van der Waals surface area contributed by atoms with Crippen LogP contribution in [-0.2, 0) is 0 Å². The predicted octanol–water partition coefficient (Wildman–Crippen LogP) is 4.36. The van der Waals surface area contributed by atoms with Crippen molar-refractivity contribution in [2.24, 2.45) is 0 Å². The number of carbonyl (C=O) groups excluding carboxylic acids is 1. The Hall–Kier alpha value is -2.16. The van der Waals surface area contributed by atoms with E-state index in [-0.39, 0.29) is 5.56 Å². The van der Waals surface area contributed by atoms with E-state index in [1.165, 1.54) is 23.8 Å². The highest BCUT2D eigenvalue weighted by Gasteiger charge is 2.09. The Labute approximate surface area is 111 Å². The largest absolute Gasteiger partial charge is 0.456 e. The molecule has 3 heteroatoms. The molecule has 0 amide bonds. The fraction of sp³-hybridized carbons (Fsp3) is 0.188. The average Bonchev–Trinajstić information content (AvgIpc) is 2.37. The number of hydrogen-bond donors (Lipinski definition) is 0. The standard InChI is InChI=1S/C16H15FO2/c1-10-6-12(3)16(7-11(10)2)19-15-5-4-14(17)8-13(15)9-18/h4-9H,1-3H3. The van der Waals surface area contributed by atoms with E-state index in [1.54, 1.807) is 0 Å². The molecule has 2 aromatic carbocycles. The van der Waals surface area contributed by atoms with Crippen LogP contribution in [0.3, 0.4) is 0 Å². The summed E-state index contributed by atoms with van der Waals surface area (Å²) in [5.74, 6) is 0.590. The first-order chi connectivity index (χ1) is 9.01. The van der Waals surface area contributed by atoms with Crippen molar-refractivity contribution in [1.29, 1.82) is 0 Å². The van der Waals surface area contributed by atoms with Gasteiger partial charge in [0.25, 0.3) is 0 Å². The molecule has 0 unspecified atom stereocenters. The van der Waals surface area contributed by atoms with Gasteiger partial charge in [-0.25, -0.2) is 4.39 Å². The molecule has 0 fully saturated rings. The molecule has 98 valence electrons. The van der Waals surface area contributed by atoms with Crippen molar-refractivity contribution in [3.8, 4) is 11.5 Å². The van der Waals surface area contributed by atoms with Crippen molar-refractivity contribution in [3.63, 3.8) is 0 Å². The molecule has 0 spiro atoms. The molecule has 0 heterocycles. The molecule has 2 nitrogen and oxygen atoms in total. The Balaban J connectivity index is 2.41. The number of carbonyl (C=O) groups is 1. The van der Waals surface area contributed by atoms with Crippen LogP contribution >= 0.6 is 0 Å². The van der Waals surface area contributed by atoms with Crippen molar-refractivity contribution in [2.45, 2.75) is 20.8 Å². The molecule has 0 radical (unpaired) electrons. The van der Waals surface area contributed by atoms with Crippen LogP contribution < -0.4 is 4.74 Å². The summed E-state index contributed by atoms with van der Waals surface area (Å²) in [5, 5.41) is 0. The Morgan fingerprint density at radius 1 is 0.947 bits per heavy atom. The van der Waals surface area contributed by atoms with Crippen LogP contribution in [0.4, 0.5) is 4.39 Å². The summed E-state index contributed by atoms with van der Waals surface area (Å²) >= 11 is 0. The van der Waals surface area contributed by atoms with Crippen LogP contribution in [0, 0.1) is 26.6 Å². The van der Waals surface area contributed by atoms with Gasteiger partial charge in [0.1, 0.15) is 17.3 Å². The van der Waals surface area contributed by atoms with Gasteiger partial charge in [0.15, 0.2) is 6.29 Å². The second kappa shape index (κ2) is 5.22. The minimum atomic E-state index is -0.453. The van der Waals surface area contributed by atoms with Crippen molar-refractivity contribution in [3.05, 3.63) is 58.4 Å². The third-order valence-electron chi connectivity index (χ3n) is 3.11. The van der Waals surface area contributed by atoms with E-state index in [9.17, 15) is 9.18 Å².